The SMILES string of the molecule is CN=C(NCc1cccc(OCC(=O)N(C)C)c1)NC1CCN(C(=O)C2CCCC2)C1. The monoisotopic (exact) mass is 429 g/mol. The van der Waals surface area contributed by atoms with Gasteiger partial charge < -0.3 is 25.2 Å². The zero-order valence-electron chi connectivity index (χ0n) is 18.9. The molecule has 1 atom stereocenters. The molecule has 2 amide bonds. The number of ether oxygens (including phenoxy) is 1. The van der Waals surface area contributed by atoms with E-state index in [1.54, 1.807) is 21.1 Å². The van der Waals surface area contributed by atoms with Crippen LogP contribution < -0.4 is 15.4 Å². The van der Waals surface area contributed by atoms with Gasteiger partial charge in [-0.3, -0.25) is 14.6 Å². The molecule has 3 rings (SSSR count). The highest BCUT2D eigenvalue weighted by Crippen LogP contribution is 2.27. The summed E-state index contributed by atoms with van der Waals surface area (Å²) in [7, 11) is 5.16. The summed E-state index contributed by atoms with van der Waals surface area (Å²) in [6.45, 7) is 2.15. The van der Waals surface area contributed by atoms with Gasteiger partial charge in [0, 0.05) is 52.7 Å². The van der Waals surface area contributed by atoms with E-state index in [0.29, 0.717) is 24.2 Å². The number of guanidine groups is 1. The van der Waals surface area contributed by atoms with Gasteiger partial charge in [-0.25, -0.2) is 0 Å². The summed E-state index contributed by atoms with van der Waals surface area (Å²) >= 11 is 0. The maximum atomic E-state index is 12.6. The molecule has 0 radical (unpaired) electrons. The van der Waals surface area contributed by atoms with Crippen LogP contribution in [0.1, 0.15) is 37.7 Å². The van der Waals surface area contributed by atoms with Crippen LogP contribution >= 0.6 is 0 Å². The van der Waals surface area contributed by atoms with Crippen molar-refractivity contribution >= 4 is 17.8 Å². The lowest BCUT2D eigenvalue weighted by Gasteiger charge is -2.21. The molecule has 1 aromatic rings. The smallest absolute Gasteiger partial charge is 0.259 e. The van der Waals surface area contributed by atoms with Gasteiger partial charge in [0.25, 0.3) is 5.91 Å². The van der Waals surface area contributed by atoms with Gasteiger partial charge in [-0.05, 0) is 37.0 Å². The molecule has 1 aliphatic carbocycles. The fourth-order valence-electron chi connectivity index (χ4n) is 4.10. The molecule has 31 heavy (non-hydrogen) atoms. The minimum Gasteiger partial charge on any atom is -0.484 e. The second-order valence-electron chi connectivity index (χ2n) is 8.55. The molecular weight excluding hydrogens is 394 g/mol. The fourth-order valence-corrected chi connectivity index (χ4v) is 4.10. The van der Waals surface area contributed by atoms with Gasteiger partial charge in [-0.1, -0.05) is 25.0 Å². The molecule has 0 spiro atoms. The van der Waals surface area contributed by atoms with E-state index in [4.69, 9.17) is 4.74 Å². The minimum absolute atomic E-state index is 0.0187. The van der Waals surface area contributed by atoms with Gasteiger partial charge in [-0.15, -0.1) is 0 Å². The summed E-state index contributed by atoms with van der Waals surface area (Å²) in [5.74, 6) is 1.86. The summed E-state index contributed by atoms with van der Waals surface area (Å²) in [6.07, 6.45) is 5.38. The third-order valence-corrected chi connectivity index (χ3v) is 5.99. The van der Waals surface area contributed by atoms with Crippen molar-refractivity contribution in [3.63, 3.8) is 0 Å². The number of nitrogens with zero attached hydrogens (tertiary/aromatic N) is 3. The van der Waals surface area contributed by atoms with Crippen LogP contribution in [0.3, 0.4) is 0 Å². The number of hydrogen-bond acceptors (Lipinski definition) is 4. The molecule has 1 unspecified atom stereocenters. The summed E-state index contributed by atoms with van der Waals surface area (Å²) in [6, 6.07) is 7.88. The van der Waals surface area contributed by atoms with Crippen LogP contribution in [-0.2, 0) is 16.1 Å². The normalized spacial score (nSPS) is 19.4. The molecule has 170 valence electrons. The number of nitrogens with one attached hydrogen (secondary N) is 2. The molecule has 1 saturated heterocycles. The number of aliphatic imine (C=N–C) groups is 1. The van der Waals surface area contributed by atoms with Crippen molar-refractivity contribution in [2.75, 3.05) is 40.8 Å². The Hall–Kier alpha value is -2.77. The van der Waals surface area contributed by atoms with Crippen LogP contribution in [0.4, 0.5) is 0 Å². The first kappa shape index (κ1) is 22.9. The summed E-state index contributed by atoms with van der Waals surface area (Å²) in [5, 5.41) is 6.77. The average molecular weight is 430 g/mol. The first-order valence-corrected chi connectivity index (χ1v) is 11.1. The number of benzene rings is 1. The molecule has 8 heteroatoms. The Morgan fingerprint density at radius 2 is 2.00 bits per heavy atom. The number of rotatable bonds is 7. The van der Waals surface area contributed by atoms with Crippen LogP contribution in [0.25, 0.3) is 0 Å². The molecule has 2 fully saturated rings. The Balaban J connectivity index is 1.45. The molecule has 2 aliphatic rings. The van der Waals surface area contributed by atoms with Crippen LogP contribution in [-0.4, -0.2) is 74.5 Å². The van der Waals surface area contributed by atoms with Crippen molar-refractivity contribution in [1.29, 1.82) is 0 Å². The molecule has 1 aromatic carbocycles. The van der Waals surface area contributed by atoms with Crippen molar-refractivity contribution in [1.82, 2.24) is 20.4 Å². The number of likely N-dealkylation sites (tertiary alicyclic amines) is 1. The first-order chi connectivity index (χ1) is 15.0. The number of amides is 2. The van der Waals surface area contributed by atoms with Crippen molar-refractivity contribution < 1.29 is 14.3 Å². The van der Waals surface area contributed by atoms with Gasteiger partial charge >= 0.3 is 0 Å². The van der Waals surface area contributed by atoms with Gasteiger partial charge in [-0.2, -0.15) is 0 Å². The lowest BCUT2D eigenvalue weighted by Crippen LogP contribution is -2.45. The Bertz CT molecular complexity index is 789. The molecular formula is C23H35N5O3. The van der Waals surface area contributed by atoms with E-state index in [1.807, 2.05) is 29.2 Å². The standard InChI is InChI=1S/C23H35N5O3/c1-24-23(26-19-11-12-28(15-19)22(30)18-8-4-5-9-18)25-14-17-7-6-10-20(13-17)31-16-21(29)27(2)3/h6-7,10,13,18-19H,4-5,8-9,11-12,14-16H2,1-3H3,(H2,24,25,26). The zero-order valence-corrected chi connectivity index (χ0v) is 18.9. The number of likely N-dealkylation sites (N-methyl/N-ethyl adjacent to an activating group) is 1. The number of carbonyl (C=O) groups is 2. The highest BCUT2D eigenvalue weighted by atomic mass is 16.5. The molecule has 1 aliphatic heterocycles. The highest BCUT2D eigenvalue weighted by molar-refractivity contribution is 5.81. The molecule has 1 heterocycles. The van der Waals surface area contributed by atoms with Gasteiger partial charge in [0.15, 0.2) is 12.6 Å². The molecule has 2 N–H and O–H groups in total. The number of carbonyl (C=O) groups excluding carboxylic acids is 2. The predicted octanol–water partition coefficient (Wildman–Crippen LogP) is 1.61. The van der Waals surface area contributed by atoms with E-state index in [1.165, 1.54) is 17.7 Å². The Labute approximate surface area is 185 Å². The Morgan fingerprint density at radius 3 is 2.71 bits per heavy atom. The molecule has 0 bridgehead atoms. The minimum atomic E-state index is -0.0786. The van der Waals surface area contributed by atoms with E-state index in [2.05, 4.69) is 15.6 Å². The van der Waals surface area contributed by atoms with Crippen molar-refractivity contribution in [2.24, 2.45) is 10.9 Å². The van der Waals surface area contributed by atoms with Crippen LogP contribution in [0, 0.1) is 5.92 Å². The largest absolute Gasteiger partial charge is 0.484 e. The second-order valence-corrected chi connectivity index (χ2v) is 8.55. The quantitative estimate of drug-likeness (QED) is 0.508. The van der Waals surface area contributed by atoms with E-state index < -0.39 is 0 Å². The van der Waals surface area contributed by atoms with Crippen molar-refractivity contribution in [3.8, 4) is 5.75 Å². The van der Waals surface area contributed by atoms with Crippen LogP contribution in [0.5, 0.6) is 5.75 Å². The maximum Gasteiger partial charge on any atom is 0.259 e. The lowest BCUT2D eigenvalue weighted by atomic mass is 10.1. The summed E-state index contributed by atoms with van der Waals surface area (Å²) in [5.41, 5.74) is 1.03. The van der Waals surface area contributed by atoms with E-state index in [9.17, 15) is 9.59 Å². The molecule has 1 saturated carbocycles. The van der Waals surface area contributed by atoms with Gasteiger partial charge in [0.1, 0.15) is 5.75 Å². The van der Waals surface area contributed by atoms with Crippen molar-refractivity contribution in [2.45, 2.75) is 44.7 Å². The first-order valence-electron chi connectivity index (χ1n) is 11.1. The summed E-state index contributed by atoms with van der Waals surface area (Å²) < 4.78 is 5.58. The van der Waals surface area contributed by atoms with Gasteiger partial charge in [0.05, 0.1) is 0 Å². The Morgan fingerprint density at radius 1 is 1.23 bits per heavy atom. The molecule has 8 nitrogen and oxygen atoms in total. The van der Waals surface area contributed by atoms with E-state index >= 15 is 0 Å². The summed E-state index contributed by atoms with van der Waals surface area (Å²) in [4.78, 5) is 32.2. The predicted molar refractivity (Wildman–Crippen MR) is 121 cm³/mol. The Kier molecular flexibility index (Phi) is 8.14. The van der Waals surface area contributed by atoms with Crippen molar-refractivity contribution in [3.05, 3.63) is 29.8 Å². The highest BCUT2D eigenvalue weighted by Gasteiger charge is 2.32. The fraction of sp³-hybridized carbons (Fsp3) is 0.609. The van der Waals surface area contributed by atoms with Gasteiger partial charge in [0.2, 0.25) is 5.91 Å². The maximum absolute atomic E-state index is 12.6. The van der Waals surface area contributed by atoms with E-state index in [-0.39, 0.29) is 24.5 Å². The molecule has 0 aromatic heterocycles. The third kappa shape index (κ3) is 6.60. The lowest BCUT2D eigenvalue weighted by molar-refractivity contribution is -0.134. The number of hydrogen-bond donors (Lipinski definition) is 2. The average Bonchev–Trinajstić information content (AvgIpc) is 3.47. The van der Waals surface area contributed by atoms with Crippen LogP contribution in [0.2, 0.25) is 0 Å². The zero-order chi connectivity index (χ0) is 22.2. The third-order valence-electron chi connectivity index (χ3n) is 5.99. The van der Waals surface area contributed by atoms with E-state index in [0.717, 1.165) is 37.9 Å². The second kappa shape index (κ2) is 11.0. The topological polar surface area (TPSA) is 86.3 Å². The van der Waals surface area contributed by atoms with Crippen LogP contribution in [0.15, 0.2) is 29.3 Å².